The highest BCUT2D eigenvalue weighted by molar-refractivity contribution is 6.31. The molecule has 0 aliphatic carbocycles. The van der Waals surface area contributed by atoms with E-state index in [1.165, 1.54) is 31.2 Å². The van der Waals surface area contributed by atoms with Crippen LogP contribution in [0.2, 0.25) is 5.02 Å². The third-order valence-electron chi connectivity index (χ3n) is 2.64. The first-order chi connectivity index (χ1) is 9.88. The zero-order valence-electron chi connectivity index (χ0n) is 10.7. The molecule has 2 rings (SSSR count). The maximum Gasteiger partial charge on any atom is 0.339 e. The molecule has 108 valence electrons. The number of carboxylic acid groups (broad SMARTS) is 1. The summed E-state index contributed by atoms with van der Waals surface area (Å²) in [6, 6.07) is 5.47. The number of rotatable bonds is 4. The minimum Gasteiger partial charge on any atom is -0.478 e. The van der Waals surface area contributed by atoms with Crippen LogP contribution in [0.25, 0.3) is 0 Å². The largest absolute Gasteiger partial charge is 0.478 e. The Labute approximate surface area is 123 Å². The summed E-state index contributed by atoms with van der Waals surface area (Å²) in [6.07, 6.45) is 1.06. The second-order valence-corrected chi connectivity index (χ2v) is 4.55. The van der Waals surface area contributed by atoms with Gasteiger partial charge < -0.3 is 9.84 Å². The number of nitrogens with zero attached hydrogens (tertiary/aromatic N) is 2. The minimum absolute atomic E-state index is 0.0488. The van der Waals surface area contributed by atoms with Crippen molar-refractivity contribution in [2.24, 2.45) is 0 Å². The van der Waals surface area contributed by atoms with Gasteiger partial charge in [0.15, 0.2) is 0 Å². The van der Waals surface area contributed by atoms with Crippen molar-refractivity contribution in [1.82, 2.24) is 4.98 Å². The van der Waals surface area contributed by atoms with Crippen molar-refractivity contribution in [3.05, 3.63) is 56.7 Å². The van der Waals surface area contributed by atoms with E-state index in [0.29, 0.717) is 5.56 Å². The van der Waals surface area contributed by atoms with E-state index in [2.05, 4.69) is 4.98 Å². The van der Waals surface area contributed by atoms with Crippen LogP contribution in [0.15, 0.2) is 30.5 Å². The highest BCUT2D eigenvalue weighted by Gasteiger charge is 2.16. The minimum atomic E-state index is -1.20. The van der Waals surface area contributed by atoms with E-state index in [0.717, 1.165) is 6.20 Å². The normalized spacial score (nSPS) is 10.2. The fraction of sp³-hybridized carbons (Fsp3) is 0.0769. The fourth-order valence-corrected chi connectivity index (χ4v) is 1.81. The van der Waals surface area contributed by atoms with Gasteiger partial charge in [0.05, 0.1) is 4.92 Å². The van der Waals surface area contributed by atoms with Gasteiger partial charge in [0.2, 0.25) is 5.88 Å². The summed E-state index contributed by atoms with van der Waals surface area (Å²) < 4.78 is 5.37. The van der Waals surface area contributed by atoms with Crippen LogP contribution in [-0.4, -0.2) is 21.0 Å². The number of aromatic carboxylic acids is 1. The molecule has 0 aliphatic rings. The predicted molar refractivity (Wildman–Crippen MR) is 74.1 cm³/mol. The van der Waals surface area contributed by atoms with Gasteiger partial charge in [-0.1, -0.05) is 11.6 Å². The van der Waals surface area contributed by atoms with Crippen molar-refractivity contribution in [2.75, 3.05) is 0 Å². The first-order valence-corrected chi connectivity index (χ1v) is 6.08. The third-order valence-corrected chi connectivity index (χ3v) is 2.88. The average Bonchev–Trinajstić information content (AvgIpc) is 2.40. The first-order valence-electron chi connectivity index (χ1n) is 5.70. The van der Waals surface area contributed by atoms with Gasteiger partial charge in [0.25, 0.3) is 5.69 Å². The smallest absolute Gasteiger partial charge is 0.339 e. The molecule has 0 bridgehead atoms. The zero-order chi connectivity index (χ0) is 15.6. The maximum absolute atomic E-state index is 11.1. The molecular formula is C13H9ClN2O5. The Morgan fingerprint density at radius 1 is 1.43 bits per heavy atom. The molecule has 8 heteroatoms. The Morgan fingerprint density at radius 3 is 2.71 bits per heavy atom. The summed E-state index contributed by atoms with van der Waals surface area (Å²) in [6.45, 7) is 1.53. The second kappa shape index (κ2) is 5.76. The number of carboxylic acids is 1. The summed E-state index contributed by atoms with van der Waals surface area (Å²) in [4.78, 5) is 25.1. The Bertz CT molecular complexity index is 732. The van der Waals surface area contributed by atoms with E-state index in [9.17, 15) is 14.9 Å². The third kappa shape index (κ3) is 3.26. The SMILES string of the molecule is Cc1cc(Oc2ccc(Cl)cc2C(=O)O)ncc1[N+](=O)[O-]. The van der Waals surface area contributed by atoms with Crippen LogP contribution in [0.5, 0.6) is 11.6 Å². The summed E-state index contributed by atoms with van der Waals surface area (Å²) >= 11 is 5.74. The summed E-state index contributed by atoms with van der Waals surface area (Å²) in [7, 11) is 0. The number of ether oxygens (including phenoxy) is 1. The van der Waals surface area contributed by atoms with E-state index in [1.807, 2.05) is 0 Å². The van der Waals surface area contributed by atoms with Crippen molar-refractivity contribution in [2.45, 2.75) is 6.92 Å². The molecular weight excluding hydrogens is 300 g/mol. The standard InChI is InChI=1S/C13H9ClN2O5/c1-7-4-12(15-6-10(7)16(19)20)21-11-3-2-8(14)5-9(11)13(17)18/h2-6H,1H3,(H,17,18). The Morgan fingerprint density at radius 2 is 2.14 bits per heavy atom. The van der Waals surface area contributed by atoms with Gasteiger partial charge in [-0.05, 0) is 25.1 Å². The molecule has 1 aromatic carbocycles. The van der Waals surface area contributed by atoms with Crippen LogP contribution in [0.4, 0.5) is 5.69 Å². The number of benzene rings is 1. The first kappa shape index (κ1) is 14.7. The second-order valence-electron chi connectivity index (χ2n) is 4.11. The highest BCUT2D eigenvalue weighted by atomic mass is 35.5. The molecule has 0 spiro atoms. The fourth-order valence-electron chi connectivity index (χ4n) is 1.64. The van der Waals surface area contributed by atoms with Gasteiger partial charge in [0.1, 0.15) is 17.5 Å². The van der Waals surface area contributed by atoms with Gasteiger partial charge in [-0.2, -0.15) is 0 Å². The molecule has 2 aromatic rings. The van der Waals surface area contributed by atoms with Gasteiger partial charge in [-0.3, -0.25) is 10.1 Å². The van der Waals surface area contributed by atoms with E-state index in [4.69, 9.17) is 21.4 Å². The summed E-state index contributed by atoms with van der Waals surface area (Å²) in [5.41, 5.74) is 0.0908. The zero-order valence-corrected chi connectivity index (χ0v) is 11.5. The predicted octanol–water partition coefficient (Wildman–Crippen LogP) is 3.44. The number of nitro groups is 1. The Balaban J connectivity index is 2.37. The van der Waals surface area contributed by atoms with Gasteiger partial charge >= 0.3 is 5.97 Å². The number of halogens is 1. The number of hydrogen-bond acceptors (Lipinski definition) is 5. The molecule has 7 nitrogen and oxygen atoms in total. The van der Waals surface area contributed by atoms with E-state index >= 15 is 0 Å². The molecule has 0 radical (unpaired) electrons. The van der Waals surface area contributed by atoms with Crippen molar-refractivity contribution >= 4 is 23.3 Å². The molecule has 1 heterocycles. The number of aromatic nitrogens is 1. The van der Waals surface area contributed by atoms with Crippen LogP contribution in [0, 0.1) is 17.0 Å². The summed E-state index contributed by atoms with van der Waals surface area (Å²) in [5.74, 6) is -1.10. The maximum atomic E-state index is 11.1. The van der Waals surface area contributed by atoms with Crippen LogP contribution >= 0.6 is 11.6 Å². The van der Waals surface area contributed by atoms with E-state index in [-0.39, 0.29) is 27.9 Å². The number of pyridine rings is 1. The van der Waals surface area contributed by atoms with Gasteiger partial charge in [-0.25, -0.2) is 9.78 Å². The molecule has 0 amide bonds. The van der Waals surface area contributed by atoms with Gasteiger partial charge in [0, 0.05) is 16.7 Å². The lowest BCUT2D eigenvalue weighted by atomic mass is 10.2. The van der Waals surface area contributed by atoms with Crippen LogP contribution < -0.4 is 4.74 Å². The lowest BCUT2D eigenvalue weighted by Crippen LogP contribution is -2.01. The lowest BCUT2D eigenvalue weighted by molar-refractivity contribution is -0.385. The topological polar surface area (TPSA) is 103 Å². The monoisotopic (exact) mass is 308 g/mol. The molecule has 0 aliphatic heterocycles. The Hall–Kier alpha value is -2.67. The van der Waals surface area contributed by atoms with E-state index < -0.39 is 10.9 Å². The molecule has 0 atom stereocenters. The van der Waals surface area contributed by atoms with Crippen LogP contribution in [-0.2, 0) is 0 Å². The summed E-state index contributed by atoms with van der Waals surface area (Å²) in [5, 5.41) is 20.1. The van der Waals surface area contributed by atoms with E-state index in [1.54, 1.807) is 0 Å². The van der Waals surface area contributed by atoms with Crippen molar-refractivity contribution in [1.29, 1.82) is 0 Å². The number of hydrogen-bond donors (Lipinski definition) is 1. The van der Waals surface area contributed by atoms with Crippen LogP contribution in [0.1, 0.15) is 15.9 Å². The van der Waals surface area contributed by atoms with Crippen molar-refractivity contribution in [3.8, 4) is 11.6 Å². The molecule has 0 saturated heterocycles. The molecule has 0 unspecified atom stereocenters. The average molecular weight is 309 g/mol. The van der Waals surface area contributed by atoms with Crippen molar-refractivity contribution < 1.29 is 19.6 Å². The van der Waals surface area contributed by atoms with Gasteiger partial charge in [-0.15, -0.1) is 0 Å². The Kier molecular flexibility index (Phi) is 4.04. The molecule has 0 fully saturated rings. The lowest BCUT2D eigenvalue weighted by Gasteiger charge is -2.08. The highest BCUT2D eigenvalue weighted by Crippen LogP contribution is 2.29. The number of aryl methyl sites for hydroxylation is 1. The van der Waals surface area contributed by atoms with Crippen LogP contribution in [0.3, 0.4) is 0 Å². The molecule has 0 saturated carbocycles. The molecule has 1 N–H and O–H groups in total. The van der Waals surface area contributed by atoms with Crippen molar-refractivity contribution in [3.63, 3.8) is 0 Å². The molecule has 21 heavy (non-hydrogen) atoms. The quantitative estimate of drug-likeness (QED) is 0.685. The number of carbonyl (C=O) groups is 1. The molecule has 1 aromatic heterocycles.